The molecule has 2 heterocycles. The molecule has 0 aliphatic carbocycles. The molecule has 3 heteroatoms. The van der Waals surface area contributed by atoms with Gasteiger partial charge in [-0.2, -0.15) is 0 Å². The number of phenolic OH excluding ortho intramolecular Hbond substituents is 1. The van der Waals surface area contributed by atoms with Crippen molar-refractivity contribution in [2.45, 2.75) is 6.92 Å². The molecule has 0 fully saturated rings. The van der Waals surface area contributed by atoms with Gasteiger partial charge in [0.25, 0.3) is 0 Å². The van der Waals surface area contributed by atoms with Gasteiger partial charge in [0.15, 0.2) is 0 Å². The van der Waals surface area contributed by atoms with Crippen LogP contribution in [0, 0.1) is 0 Å². The Hall–Kier alpha value is -2.94. The number of hydrogen-bond acceptors (Lipinski definition) is 3. The molecule has 2 N–H and O–H groups in total. The fraction of sp³-hybridized carbons (Fsp3) is 0.100. The minimum atomic E-state index is 0.250. The maximum absolute atomic E-state index is 9.54. The molecule has 0 unspecified atom stereocenters. The van der Waals surface area contributed by atoms with Crippen LogP contribution in [0.4, 0.5) is 5.88 Å². The monoisotopic (exact) mass is 303 g/mol. The lowest BCUT2D eigenvalue weighted by molar-refractivity contribution is 0.475. The second-order valence-electron chi connectivity index (χ2n) is 5.69. The molecule has 0 saturated carbocycles. The molecule has 1 aliphatic heterocycles. The van der Waals surface area contributed by atoms with Gasteiger partial charge in [0.05, 0.1) is 0 Å². The van der Waals surface area contributed by atoms with Crippen LogP contribution in [-0.4, -0.2) is 11.7 Å². The average Bonchev–Trinajstić information content (AvgIpc) is 2.97. The van der Waals surface area contributed by atoms with E-state index in [1.165, 1.54) is 5.57 Å². The molecule has 114 valence electrons. The molecule has 0 radical (unpaired) electrons. The third kappa shape index (κ3) is 2.30. The third-order valence-corrected chi connectivity index (χ3v) is 4.17. The van der Waals surface area contributed by atoms with Crippen LogP contribution in [0.15, 0.2) is 65.1 Å². The van der Waals surface area contributed by atoms with Crippen molar-refractivity contribution in [2.24, 2.45) is 0 Å². The highest BCUT2D eigenvalue weighted by molar-refractivity contribution is 5.95. The number of benzene rings is 2. The zero-order valence-corrected chi connectivity index (χ0v) is 12.8. The maximum atomic E-state index is 9.54. The summed E-state index contributed by atoms with van der Waals surface area (Å²) in [4.78, 5) is 0. The molecule has 23 heavy (non-hydrogen) atoms. The zero-order chi connectivity index (χ0) is 15.8. The molecule has 0 amide bonds. The number of furan rings is 1. The van der Waals surface area contributed by atoms with E-state index in [4.69, 9.17) is 4.42 Å². The Morgan fingerprint density at radius 1 is 0.913 bits per heavy atom. The highest BCUT2D eigenvalue weighted by Crippen LogP contribution is 2.45. The van der Waals surface area contributed by atoms with Gasteiger partial charge in [-0.25, -0.2) is 0 Å². The van der Waals surface area contributed by atoms with Crippen LogP contribution < -0.4 is 5.32 Å². The standard InChI is InChI=1S/C20H17NO2/c1-13-11-12-21-20-17(13)18(14-5-3-2-4-6-14)19(23-20)15-7-9-16(22)10-8-15/h2-11,21-22H,12H2,1H3. The minimum Gasteiger partial charge on any atom is -0.508 e. The van der Waals surface area contributed by atoms with Gasteiger partial charge in [-0.05, 0) is 42.3 Å². The fourth-order valence-electron chi connectivity index (χ4n) is 3.03. The first-order valence-corrected chi connectivity index (χ1v) is 7.66. The molecule has 2 aromatic carbocycles. The molecular formula is C20H17NO2. The number of aromatic hydroxyl groups is 1. The van der Waals surface area contributed by atoms with Gasteiger partial charge in [0, 0.05) is 23.2 Å². The summed E-state index contributed by atoms with van der Waals surface area (Å²) in [5.74, 6) is 1.89. The van der Waals surface area contributed by atoms with Crippen molar-refractivity contribution in [3.63, 3.8) is 0 Å². The summed E-state index contributed by atoms with van der Waals surface area (Å²) in [6.45, 7) is 2.89. The van der Waals surface area contributed by atoms with Crippen molar-refractivity contribution < 1.29 is 9.52 Å². The predicted octanol–water partition coefficient (Wildman–Crippen LogP) is 5.15. The van der Waals surface area contributed by atoms with Crippen LogP contribution in [-0.2, 0) is 0 Å². The van der Waals surface area contributed by atoms with Gasteiger partial charge in [-0.15, -0.1) is 0 Å². The van der Waals surface area contributed by atoms with Crippen molar-refractivity contribution in [2.75, 3.05) is 11.9 Å². The van der Waals surface area contributed by atoms with Crippen LogP contribution in [0.2, 0.25) is 0 Å². The van der Waals surface area contributed by atoms with Crippen LogP contribution in [0.1, 0.15) is 12.5 Å². The minimum absolute atomic E-state index is 0.250. The van der Waals surface area contributed by atoms with E-state index in [9.17, 15) is 5.11 Å². The van der Waals surface area contributed by atoms with E-state index in [0.717, 1.165) is 40.4 Å². The smallest absolute Gasteiger partial charge is 0.202 e. The van der Waals surface area contributed by atoms with E-state index in [-0.39, 0.29) is 5.75 Å². The number of allylic oxidation sites excluding steroid dienone is 1. The second kappa shape index (κ2) is 5.36. The Morgan fingerprint density at radius 3 is 2.39 bits per heavy atom. The number of anilines is 1. The van der Waals surface area contributed by atoms with E-state index < -0.39 is 0 Å². The number of nitrogens with one attached hydrogen (secondary N) is 1. The average molecular weight is 303 g/mol. The van der Waals surface area contributed by atoms with Crippen molar-refractivity contribution >= 4 is 11.5 Å². The summed E-state index contributed by atoms with van der Waals surface area (Å²) in [5, 5.41) is 12.9. The van der Waals surface area contributed by atoms with Crippen molar-refractivity contribution in [1.82, 2.24) is 0 Å². The van der Waals surface area contributed by atoms with Crippen molar-refractivity contribution in [3.8, 4) is 28.2 Å². The maximum Gasteiger partial charge on any atom is 0.202 e. The summed E-state index contributed by atoms with van der Waals surface area (Å²) in [6, 6.07) is 17.4. The van der Waals surface area contributed by atoms with E-state index in [1.807, 2.05) is 30.3 Å². The Morgan fingerprint density at radius 2 is 1.65 bits per heavy atom. The zero-order valence-electron chi connectivity index (χ0n) is 12.8. The van der Waals surface area contributed by atoms with E-state index in [2.05, 4.69) is 30.4 Å². The van der Waals surface area contributed by atoms with E-state index in [1.54, 1.807) is 12.1 Å². The van der Waals surface area contributed by atoms with Gasteiger partial charge >= 0.3 is 0 Å². The molecule has 1 aromatic heterocycles. The van der Waals surface area contributed by atoms with E-state index >= 15 is 0 Å². The Kier molecular flexibility index (Phi) is 3.19. The summed E-state index contributed by atoms with van der Waals surface area (Å²) < 4.78 is 6.15. The third-order valence-electron chi connectivity index (χ3n) is 4.17. The molecule has 0 spiro atoms. The van der Waals surface area contributed by atoms with Crippen molar-refractivity contribution in [3.05, 3.63) is 66.2 Å². The van der Waals surface area contributed by atoms with E-state index in [0.29, 0.717) is 0 Å². The Balaban J connectivity index is 2.00. The molecular weight excluding hydrogens is 286 g/mol. The quantitative estimate of drug-likeness (QED) is 0.688. The lowest BCUT2D eigenvalue weighted by Gasteiger charge is -2.12. The van der Waals surface area contributed by atoms with Gasteiger partial charge in [0.2, 0.25) is 5.88 Å². The normalized spacial score (nSPS) is 13.2. The largest absolute Gasteiger partial charge is 0.508 e. The molecule has 0 saturated heterocycles. The highest BCUT2D eigenvalue weighted by Gasteiger charge is 2.25. The first-order chi connectivity index (χ1) is 11.2. The van der Waals surface area contributed by atoms with Crippen LogP contribution >= 0.6 is 0 Å². The Labute approximate surface area is 134 Å². The van der Waals surface area contributed by atoms with Crippen LogP contribution in [0.5, 0.6) is 5.75 Å². The fourth-order valence-corrected chi connectivity index (χ4v) is 3.03. The second-order valence-corrected chi connectivity index (χ2v) is 5.69. The predicted molar refractivity (Wildman–Crippen MR) is 93.4 cm³/mol. The summed E-state index contributed by atoms with van der Waals surface area (Å²) in [6.07, 6.45) is 2.17. The van der Waals surface area contributed by atoms with Crippen LogP contribution in [0.3, 0.4) is 0 Å². The molecule has 0 atom stereocenters. The SMILES string of the molecule is CC1=CCNc2oc(-c3ccc(O)cc3)c(-c3ccccc3)c21. The highest BCUT2D eigenvalue weighted by atomic mass is 16.4. The van der Waals surface area contributed by atoms with Crippen molar-refractivity contribution in [1.29, 1.82) is 0 Å². The van der Waals surface area contributed by atoms with Crippen LogP contribution in [0.25, 0.3) is 28.0 Å². The number of rotatable bonds is 2. The van der Waals surface area contributed by atoms with Gasteiger partial charge in [0.1, 0.15) is 11.5 Å². The first-order valence-electron chi connectivity index (χ1n) is 7.66. The summed E-state index contributed by atoms with van der Waals surface area (Å²) >= 11 is 0. The topological polar surface area (TPSA) is 45.4 Å². The Bertz CT molecular complexity index is 874. The number of hydrogen-bond donors (Lipinski definition) is 2. The molecule has 0 bridgehead atoms. The van der Waals surface area contributed by atoms with Gasteiger partial charge in [-0.1, -0.05) is 36.4 Å². The lowest BCUT2D eigenvalue weighted by Crippen LogP contribution is -2.05. The number of fused-ring (bicyclic) bond motifs is 1. The van der Waals surface area contributed by atoms with Gasteiger partial charge < -0.3 is 14.8 Å². The molecule has 4 rings (SSSR count). The molecule has 3 aromatic rings. The van der Waals surface area contributed by atoms with Gasteiger partial charge in [-0.3, -0.25) is 0 Å². The number of phenols is 1. The molecule has 1 aliphatic rings. The lowest BCUT2D eigenvalue weighted by atomic mass is 9.93. The summed E-state index contributed by atoms with van der Waals surface area (Å²) in [5.41, 5.74) is 5.49. The summed E-state index contributed by atoms with van der Waals surface area (Å²) in [7, 11) is 0. The molecule has 3 nitrogen and oxygen atoms in total. The first kappa shape index (κ1) is 13.7.